The topological polar surface area (TPSA) is 21.3 Å². The molecule has 1 N–H and O–H groups in total. The molecular weight excluding hydrogens is 258 g/mol. The molecule has 0 radical (unpaired) electrons. The fourth-order valence-corrected chi connectivity index (χ4v) is 3.51. The summed E-state index contributed by atoms with van der Waals surface area (Å²) in [7, 11) is 0. The zero-order valence-corrected chi connectivity index (χ0v) is 14.1. The van der Waals surface area contributed by atoms with Crippen LogP contribution in [0.3, 0.4) is 0 Å². The van der Waals surface area contributed by atoms with E-state index in [0.29, 0.717) is 6.04 Å². The van der Waals surface area contributed by atoms with Crippen molar-refractivity contribution >= 4 is 0 Å². The normalized spacial score (nSPS) is 23.5. The van der Waals surface area contributed by atoms with Crippen molar-refractivity contribution in [1.82, 2.24) is 5.32 Å². The van der Waals surface area contributed by atoms with Crippen LogP contribution in [-0.2, 0) is 0 Å². The molecule has 21 heavy (non-hydrogen) atoms. The van der Waals surface area contributed by atoms with Crippen LogP contribution in [0.2, 0.25) is 0 Å². The van der Waals surface area contributed by atoms with Gasteiger partial charge in [-0.25, -0.2) is 0 Å². The van der Waals surface area contributed by atoms with Crippen LogP contribution in [-0.4, -0.2) is 12.6 Å². The van der Waals surface area contributed by atoms with Crippen molar-refractivity contribution in [2.75, 3.05) is 6.54 Å². The summed E-state index contributed by atoms with van der Waals surface area (Å²) in [5.41, 5.74) is 1.42. The van der Waals surface area contributed by atoms with E-state index < -0.39 is 0 Å². The van der Waals surface area contributed by atoms with E-state index in [1.165, 1.54) is 31.2 Å². The third-order valence-electron chi connectivity index (χ3n) is 4.58. The average molecular weight is 289 g/mol. The molecule has 0 saturated heterocycles. The molecule has 0 aromatic heterocycles. The van der Waals surface area contributed by atoms with E-state index in [2.05, 4.69) is 57.3 Å². The van der Waals surface area contributed by atoms with Crippen LogP contribution in [0, 0.1) is 11.8 Å². The van der Waals surface area contributed by atoms with E-state index in [1.54, 1.807) is 0 Å². The van der Waals surface area contributed by atoms with Crippen LogP contribution in [0.4, 0.5) is 0 Å². The molecule has 1 aromatic carbocycles. The Bertz CT molecular complexity index is 412. The molecule has 1 fully saturated rings. The van der Waals surface area contributed by atoms with Gasteiger partial charge < -0.3 is 10.1 Å². The van der Waals surface area contributed by atoms with E-state index in [0.717, 1.165) is 24.1 Å². The SMILES string of the molecule is CCCNC(c1ccc(OC(C)C)cc1)C1CCCC1C. The van der Waals surface area contributed by atoms with E-state index in [4.69, 9.17) is 4.74 Å². The summed E-state index contributed by atoms with van der Waals surface area (Å²) >= 11 is 0. The lowest BCUT2D eigenvalue weighted by molar-refractivity contribution is 0.242. The summed E-state index contributed by atoms with van der Waals surface area (Å²) in [6, 6.07) is 9.23. The highest BCUT2D eigenvalue weighted by Gasteiger charge is 2.31. The van der Waals surface area contributed by atoms with E-state index >= 15 is 0 Å². The smallest absolute Gasteiger partial charge is 0.119 e. The summed E-state index contributed by atoms with van der Waals surface area (Å²) in [6.45, 7) is 9.88. The minimum absolute atomic E-state index is 0.236. The number of rotatable bonds is 7. The molecule has 2 rings (SSSR count). The van der Waals surface area contributed by atoms with Crippen LogP contribution in [0.25, 0.3) is 0 Å². The molecule has 0 amide bonds. The fourth-order valence-electron chi connectivity index (χ4n) is 3.51. The monoisotopic (exact) mass is 289 g/mol. The largest absolute Gasteiger partial charge is 0.491 e. The van der Waals surface area contributed by atoms with E-state index in [1.807, 2.05) is 0 Å². The highest BCUT2D eigenvalue weighted by atomic mass is 16.5. The molecule has 0 heterocycles. The van der Waals surface area contributed by atoms with Crippen molar-refractivity contribution in [3.05, 3.63) is 29.8 Å². The minimum atomic E-state index is 0.236. The Morgan fingerprint density at radius 3 is 2.43 bits per heavy atom. The Hall–Kier alpha value is -1.02. The molecular formula is C19H31NO. The van der Waals surface area contributed by atoms with Gasteiger partial charge in [0.1, 0.15) is 5.75 Å². The summed E-state index contributed by atoms with van der Waals surface area (Å²) in [5, 5.41) is 3.78. The van der Waals surface area contributed by atoms with Gasteiger partial charge in [-0.3, -0.25) is 0 Å². The number of hydrogen-bond donors (Lipinski definition) is 1. The number of ether oxygens (including phenoxy) is 1. The Kier molecular flexibility index (Phi) is 6.10. The van der Waals surface area contributed by atoms with Crippen LogP contribution < -0.4 is 10.1 Å². The maximum Gasteiger partial charge on any atom is 0.119 e. The first-order valence-corrected chi connectivity index (χ1v) is 8.61. The van der Waals surface area contributed by atoms with Gasteiger partial charge in [-0.1, -0.05) is 38.8 Å². The number of nitrogens with one attached hydrogen (secondary N) is 1. The number of benzene rings is 1. The van der Waals surface area contributed by atoms with Crippen molar-refractivity contribution in [2.45, 2.75) is 65.5 Å². The second-order valence-electron chi connectivity index (χ2n) is 6.74. The minimum Gasteiger partial charge on any atom is -0.491 e. The Labute approximate surface area is 130 Å². The lowest BCUT2D eigenvalue weighted by Crippen LogP contribution is -2.30. The standard InChI is InChI=1S/C19H31NO/c1-5-13-20-19(18-8-6-7-15(18)4)16-9-11-17(12-10-16)21-14(2)3/h9-12,14-15,18-20H,5-8,13H2,1-4H3. The van der Waals surface area contributed by atoms with Gasteiger partial charge in [-0.2, -0.15) is 0 Å². The summed E-state index contributed by atoms with van der Waals surface area (Å²) in [5.74, 6) is 2.57. The zero-order chi connectivity index (χ0) is 15.2. The third kappa shape index (κ3) is 4.47. The van der Waals surface area contributed by atoms with Crippen molar-refractivity contribution in [2.24, 2.45) is 11.8 Å². The Morgan fingerprint density at radius 2 is 1.90 bits per heavy atom. The molecule has 0 spiro atoms. The summed E-state index contributed by atoms with van der Waals surface area (Å²) in [4.78, 5) is 0. The molecule has 1 aliphatic rings. The quantitative estimate of drug-likeness (QED) is 0.766. The Balaban J connectivity index is 2.12. The molecule has 3 unspecified atom stereocenters. The van der Waals surface area contributed by atoms with E-state index in [-0.39, 0.29) is 6.10 Å². The average Bonchev–Trinajstić information content (AvgIpc) is 2.87. The van der Waals surface area contributed by atoms with Crippen LogP contribution in [0.15, 0.2) is 24.3 Å². The Morgan fingerprint density at radius 1 is 1.19 bits per heavy atom. The molecule has 1 aliphatic carbocycles. The molecule has 1 aromatic rings. The van der Waals surface area contributed by atoms with Gasteiger partial charge >= 0.3 is 0 Å². The van der Waals surface area contributed by atoms with Gasteiger partial charge in [0.2, 0.25) is 0 Å². The van der Waals surface area contributed by atoms with Crippen LogP contribution >= 0.6 is 0 Å². The summed E-state index contributed by atoms with van der Waals surface area (Å²) in [6.07, 6.45) is 5.53. The van der Waals surface area contributed by atoms with Gasteiger partial charge in [-0.15, -0.1) is 0 Å². The predicted octanol–water partition coefficient (Wildman–Crippen LogP) is 4.95. The highest BCUT2D eigenvalue weighted by Crippen LogP contribution is 2.40. The number of hydrogen-bond acceptors (Lipinski definition) is 2. The van der Waals surface area contributed by atoms with Gasteiger partial charge in [0, 0.05) is 6.04 Å². The fraction of sp³-hybridized carbons (Fsp3) is 0.684. The van der Waals surface area contributed by atoms with Crippen LogP contribution in [0.5, 0.6) is 5.75 Å². The van der Waals surface area contributed by atoms with Crippen molar-refractivity contribution in [3.8, 4) is 5.75 Å². The zero-order valence-electron chi connectivity index (χ0n) is 14.1. The lowest BCUT2D eigenvalue weighted by atomic mass is 9.86. The first-order valence-electron chi connectivity index (χ1n) is 8.61. The second-order valence-corrected chi connectivity index (χ2v) is 6.74. The van der Waals surface area contributed by atoms with Gasteiger partial charge in [0.15, 0.2) is 0 Å². The van der Waals surface area contributed by atoms with Gasteiger partial charge in [0.05, 0.1) is 6.10 Å². The first kappa shape index (κ1) is 16.4. The lowest BCUT2D eigenvalue weighted by Gasteiger charge is -2.28. The molecule has 1 saturated carbocycles. The van der Waals surface area contributed by atoms with Crippen molar-refractivity contribution in [3.63, 3.8) is 0 Å². The first-order chi connectivity index (χ1) is 10.1. The molecule has 0 bridgehead atoms. The third-order valence-corrected chi connectivity index (χ3v) is 4.58. The molecule has 3 atom stereocenters. The molecule has 0 aliphatic heterocycles. The van der Waals surface area contributed by atoms with Gasteiger partial charge in [0.25, 0.3) is 0 Å². The highest BCUT2D eigenvalue weighted by molar-refractivity contribution is 5.30. The maximum absolute atomic E-state index is 5.76. The van der Waals surface area contributed by atoms with E-state index in [9.17, 15) is 0 Å². The second kappa shape index (κ2) is 7.84. The molecule has 118 valence electrons. The molecule has 2 nitrogen and oxygen atoms in total. The summed E-state index contributed by atoms with van der Waals surface area (Å²) < 4.78 is 5.76. The van der Waals surface area contributed by atoms with Crippen molar-refractivity contribution < 1.29 is 4.74 Å². The maximum atomic E-state index is 5.76. The predicted molar refractivity (Wildman–Crippen MR) is 89.7 cm³/mol. The van der Waals surface area contributed by atoms with Gasteiger partial charge in [-0.05, 0) is 62.8 Å². The van der Waals surface area contributed by atoms with Crippen LogP contribution in [0.1, 0.15) is 65.0 Å². The van der Waals surface area contributed by atoms with Crippen molar-refractivity contribution in [1.29, 1.82) is 0 Å². The molecule has 2 heteroatoms.